The maximum atomic E-state index is 13.0. The summed E-state index contributed by atoms with van der Waals surface area (Å²) in [6.45, 7) is 4.65. The van der Waals surface area contributed by atoms with Crippen molar-refractivity contribution in [3.63, 3.8) is 0 Å². The molecular formula is C22H23N5O. The SMILES string of the molecule is CCc1cc(NC(C)C(=O)N2CCc3ccccc32)nc(-c2ccncc2)n1. The molecule has 0 saturated heterocycles. The Kier molecular flexibility index (Phi) is 5.02. The van der Waals surface area contributed by atoms with Crippen LogP contribution in [0.15, 0.2) is 54.9 Å². The number of pyridine rings is 1. The summed E-state index contributed by atoms with van der Waals surface area (Å²) in [6.07, 6.45) is 5.13. The van der Waals surface area contributed by atoms with E-state index in [4.69, 9.17) is 0 Å². The first-order valence-electron chi connectivity index (χ1n) is 9.60. The molecule has 3 aromatic rings. The Morgan fingerprint density at radius 3 is 2.75 bits per heavy atom. The van der Waals surface area contributed by atoms with Gasteiger partial charge in [-0.3, -0.25) is 9.78 Å². The third kappa shape index (κ3) is 3.58. The van der Waals surface area contributed by atoms with Crippen LogP contribution in [-0.4, -0.2) is 33.4 Å². The first kappa shape index (κ1) is 18.1. The number of nitrogens with zero attached hydrogens (tertiary/aromatic N) is 4. The van der Waals surface area contributed by atoms with Crippen LogP contribution < -0.4 is 10.2 Å². The normalized spacial score (nSPS) is 13.9. The monoisotopic (exact) mass is 373 g/mol. The zero-order chi connectivity index (χ0) is 19.5. The zero-order valence-electron chi connectivity index (χ0n) is 16.1. The van der Waals surface area contributed by atoms with Crippen molar-refractivity contribution in [2.45, 2.75) is 32.7 Å². The van der Waals surface area contributed by atoms with E-state index >= 15 is 0 Å². The van der Waals surface area contributed by atoms with Gasteiger partial charge >= 0.3 is 0 Å². The molecule has 0 saturated carbocycles. The van der Waals surface area contributed by atoms with Gasteiger partial charge in [0, 0.05) is 41.9 Å². The van der Waals surface area contributed by atoms with E-state index < -0.39 is 6.04 Å². The number of carbonyl (C=O) groups excluding carboxylic acids is 1. The number of anilines is 2. The van der Waals surface area contributed by atoms with Crippen LogP contribution >= 0.6 is 0 Å². The van der Waals surface area contributed by atoms with Gasteiger partial charge in [0.2, 0.25) is 5.91 Å². The Morgan fingerprint density at radius 1 is 1.18 bits per heavy atom. The van der Waals surface area contributed by atoms with E-state index in [1.54, 1.807) is 12.4 Å². The summed E-state index contributed by atoms with van der Waals surface area (Å²) >= 11 is 0. The van der Waals surface area contributed by atoms with E-state index in [2.05, 4.69) is 33.3 Å². The Labute approximate surface area is 164 Å². The highest BCUT2D eigenvalue weighted by Gasteiger charge is 2.28. The van der Waals surface area contributed by atoms with Crippen molar-refractivity contribution in [1.29, 1.82) is 0 Å². The predicted octanol–water partition coefficient (Wildman–Crippen LogP) is 3.49. The fourth-order valence-electron chi connectivity index (χ4n) is 3.47. The van der Waals surface area contributed by atoms with Gasteiger partial charge < -0.3 is 10.2 Å². The quantitative estimate of drug-likeness (QED) is 0.741. The number of aromatic nitrogens is 3. The Hall–Kier alpha value is -3.28. The second kappa shape index (κ2) is 7.76. The minimum atomic E-state index is -0.393. The van der Waals surface area contributed by atoms with Crippen molar-refractivity contribution in [2.75, 3.05) is 16.8 Å². The van der Waals surface area contributed by atoms with E-state index in [9.17, 15) is 4.79 Å². The highest BCUT2D eigenvalue weighted by atomic mass is 16.2. The van der Waals surface area contributed by atoms with Crippen LogP contribution in [0, 0.1) is 0 Å². The molecule has 4 rings (SSSR count). The highest BCUT2D eigenvalue weighted by molar-refractivity contribution is 6.00. The lowest BCUT2D eigenvalue weighted by Gasteiger charge is -2.23. The molecular weight excluding hydrogens is 350 g/mol. The van der Waals surface area contributed by atoms with Crippen molar-refractivity contribution in [3.05, 3.63) is 66.1 Å². The molecule has 6 nitrogen and oxygen atoms in total. The summed E-state index contributed by atoms with van der Waals surface area (Å²) in [4.78, 5) is 28.2. The van der Waals surface area contributed by atoms with Crippen molar-refractivity contribution < 1.29 is 4.79 Å². The lowest BCUT2D eigenvalue weighted by atomic mass is 10.2. The molecule has 1 aromatic carbocycles. The number of nitrogens with one attached hydrogen (secondary N) is 1. The van der Waals surface area contributed by atoms with Gasteiger partial charge in [-0.05, 0) is 43.5 Å². The van der Waals surface area contributed by atoms with Crippen molar-refractivity contribution in [1.82, 2.24) is 15.0 Å². The van der Waals surface area contributed by atoms with E-state index in [-0.39, 0.29) is 5.91 Å². The van der Waals surface area contributed by atoms with Gasteiger partial charge in [-0.15, -0.1) is 0 Å². The predicted molar refractivity (Wildman–Crippen MR) is 110 cm³/mol. The number of carbonyl (C=O) groups is 1. The van der Waals surface area contributed by atoms with Crippen LogP contribution in [-0.2, 0) is 17.6 Å². The van der Waals surface area contributed by atoms with Gasteiger partial charge in [0.1, 0.15) is 11.9 Å². The van der Waals surface area contributed by atoms with Gasteiger partial charge in [-0.1, -0.05) is 25.1 Å². The number of benzene rings is 1. The lowest BCUT2D eigenvalue weighted by molar-refractivity contribution is -0.118. The number of aryl methyl sites for hydroxylation is 1. The van der Waals surface area contributed by atoms with Gasteiger partial charge in [-0.25, -0.2) is 9.97 Å². The highest BCUT2D eigenvalue weighted by Crippen LogP contribution is 2.28. The average molecular weight is 373 g/mol. The summed E-state index contributed by atoms with van der Waals surface area (Å²) in [5, 5.41) is 3.28. The number of hydrogen-bond acceptors (Lipinski definition) is 5. The number of hydrogen-bond donors (Lipinski definition) is 1. The summed E-state index contributed by atoms with van der Waals surface area (Å²) in [5.41, 5.74) is 4.06. The summed E-state index contributed by atoms with van der Waals surface area (Å²) < 4.78 is 0. The second-order valence-electron chi connectivity index (χ2n) is 6.89. The lowest BCUT2D eigenvalue weighted by Crippen LogP contribution is -2.40. The molecule has 0 spiro atoms. The molecule has 0 bridgehead atoms. The maximum absolute atomic E-state index is 13.0. The van der Waals surface area contributed by atoms with Crippen molar-refractivity contribution >= 4 is 17.4 Å². The van der Waals surface area contributed by atoms with E-state index in [1.807, 2.05) is 48.2 Å². The molecule has 0 aliphatic carbocycles. The minimum Gasteiger partial charge on any atom is -0.358 e. The Balaban J connectivity index is 1.56. The molecule has 142 valence electrons. The first-order valence-corrected chi connectivity index (χ1v) is 9.60. The largest absolute Gasteiger partial charge is 0.358 e. The maximum Gasteiger partial charge on any atom is 0.249 e. The molecule has 0 fully saturated rings. The van der Waals surface area contributed by atoms with E-state index in [0.29, 0.717) is 11.6 Å². The third-order valence-corrected chi connectivity index (χ3v) is 4.97. The smallest absolute Gasteiger partial charge is 0.249 e. The number of para-hydroxylation sites is 1. The molecule has 2 aromatic heterocycles. The van der Waals surface area contributed by atoms with Gasteiger partial charge in [0.15, 0.2) is 5.82 Å². The average Bonchev–Trinajstić information content (AvgIpc) is 3.17. The molecule has 0 radical (unpaired) electrons. The fraction of sp³-hybridized carbons (Fsp3) is 0.273. The number of amides is 1. The molecule has 1 atom stereocenters. The molecule has 1 aliphatic rings. The Morgan fingerprint density at radius 2 is 1.96 bits per heavy atom. The van der Waals surface area contributed by atoms with E-state index in [0.717, 1.165) is 36.3 Å². The third-order valence-electron chi connectivity index (χ3n) is 4.97. The van der Waals surface area contributed by atoms with Crippen LogP contribution in [0.1, 0.15) is 25.1 Å². The first-order chi connectivity index (χ1) is 13.7. The Bertz CT molecular complexity index is 989. The molecule has 1 aliphatic heterocycles. The van der Waals surface area contributed by atoms with Crippen LogP contribution in [0.3, 0.4) is 0 Å². The van der Waals surface area contributed by atoms with Gasteiger partial charge in [0.05, 0.1) is 0 Å². The fourth-order valence-corrected chi connectivity index (χ4v) is 3.47. The summed E-state index contributed by atoms with van der Waals surface area (Å²) in [5.74, 6) is 1.34. The van der Waals surface area contributed by atoms with Crippen LogP contribution in [0.25, 0.3) is 11.4 Å². The van der Waals surface area contributed by atoms with Crippen LogP contribution in [0.2, 0.25) is 0 Å². The molecule has 1 amide bonds. The molecule has 3 heterocycles. The molecule has 1 unspecified atom stereocenters. The van der Waals surface area contributed by atoms with Crippen LogP contribution in [0.5, 0.6) is 0 Å². The van der Waals surface area contributed by atoms with Crippen LogP contribution in [0.4, 0.5) is 11.5 Å². The van der Waals surface area contributed by atoms with E-state index in [1.165, 1.54) is 5.56 Å². The number of rotatable bonds is 5. The minimum absolute atomic E-state index is 0.0482. The van der Waals surface area contributed by atoms with Gasteiger partial charge in [-0.2, -0.15) is 0 Å². The topological polar surface area (TPSA) is 71.0 Å². The standard InChI is InChI=1S/C22H23N5O/c1-3-18-14-20(26-21(25-18)17-8-11-23-12-9-17)24-15(2)22(28)27-13-10-16-6-4-5-7-19(16)27/h4-9,11-12,14-15H,3,10,13H2,1-2H3,(H,24,25,26). The van der Waals surface area contributed by atoms with Crippen molar-refractivity contribution in [2.24, 2.45) is 0 Å². The van der Waals surface area contributed by atoms with Crippen molar-refractivity contribution in [3.8, 4) is 11.4 Å². The summed E-state index contributed by atoms with van der Waals surface area (Å²) in [7, 11) is 0. The number of fused-ring (bicyclic) bond motifs is 1. The second-order valence-corrected chi connectivity index (χ2v) is 6.89. The molecule has 1 N–H and O–H groups in total. The van der Waals surface area contributed by atoms with Gasteiger partial charge in [0.25, 0.3) is 0 Å². The molecule has 28 heavy (non-hydrogen) atoms. The summed E-state index contributed by atoms with van der Waals surface area (Å²) in [6, 6.07) is 13.4. The molecule has 6 heteroatoms. The zero-order valence-corrected chi connectivity index (χ0v) is 16.1.